The van der Waals surface area contributed by atoms with Crippen LogP contribution in [-0.4, -0.2) is 6.61 Å². The Labute approximate surface area is 83.8 Å². The zero-order valence-electron chi connectivity index (χ0n) is 7.06. The van der Waals surface area contributed by atoms with Crippen molar-refractivity contribution in [2.45, 2.75) is 20.0 Å². The van der Waals surface area contributed by atoms with Crippen molar-refractivity contribution < 1.29 is 13.5 Å². The van der Waals surface area contributed by atoms with Gasteiger partial charge in [-0.15, -0.1) is 0 Å². The summed E-state index contributed by atoms with van der Waals surface area (Å²) >= 11 is 3.16. The molecule has 0 saturated heterocycles. The average molecular weight is 251 g/mol. The van der Waals surface area contributed by atoms with Crippen molar-refractivity contribution in [2.24, 2.45) is 0 Å². The van der Waals surface area contributed by atoms with Gasteiger partial charge in [-0.05, 0) is 40.0 Å². The molecule has 4 heteroatoms. The summed E-state index contributed by atoms with van der Waals surface area (Å²) in [4.78, 5) is 0. The van der Waals surface area contributed by atoms with E-state index in [0.717, 1.165) is 12.0 Å². The molecular weight excluding hydrogens is 242 g/mol. The third-order valence-electron chi connectivity index (χ3n) is 1.62. The predicted octanol–water partition coefficient (Wildman–Crippen LogP) is 3.61. The first-order chi connectivity index (χ1) is 6.13. The molecule has 1 nitrogen and oxygen atoms in total. The van der Waals surface area contributed by atoms with Crippen LogP contribution in [0.1, 0.15) is 12.5 Å². The molecule has 72 valence electrons. The van der Waals surface area contributed by atoms with Gasteiger partial charge in [0.1, 0.15) is 5.75 Å². The summed E-state index contributed by atoms with van der Waals surface area (Å²) in [7, 11) is 0. The van der Waals surface area contributed by atoms with E-state index in [1.54, 1.807) is 12.1 Å². The molecule has 0 atom stereocenters. The lowest BCUT2D eigenvalue weighted by atomic mass is 10.2. The molecule has 1 rings (SSSR count). The molecule has 0 aliphatic heterocycles. The van der Waals surface area contributed by atoms with Crippen LogP contribution in [0.25, 0.3) is 0 Å². The van der Waals surface area contributed by atoms with Crippen LogP contribution >= 0.6 is 15.9 Å². The van der Waals surface area contributed by atoms with Crippen LogP contribution in [0.15, 0.2) is 22.7 Å². The van der Waals surface area contributed by atoms with Crippen LogP contribution in [-0.2, 0) is 6.42 Å². The van der Waals surface area contributed by atoms with E-state index in [1.807, 2.05) is 6.92 Å². The Hall–Kier alpha value is -0.640. The standard InChI is InChI=1S/C9H9BrF2O/c1-2-6-3-4-8(7(10)5-6)13-9(11)12/h3-5,9H,2H2,1H3. The van der Waals surface area contributed by atoms with Crippen LogP contribution in [0, 0.1) is 0 Å². The molecular formula is C9H9BrF2O. The Balaban J connectivity index is 2.85. The second kappa shape index (κ2) is 4.56. The number of ether oxygens (including phenoxy) is 1. The Morgan fingerprint density at radius 3 is 2.62 bits per heavy atom. The van der Waals surface area contributed by atoms with Crippen molar-refractivity contribution >= 4 is 15.9 Å². The molecule has 0 radical (unpaired) electrons. The van der Waals surface area contributed by atoms with Gasteiger partial charge >= 0.3 is 6.61 Å². The van der Waals surface area contributed by atoms with Crippen molar-refractivity contribution in [3.05, 3.63) is 28.2 Å². The lowest BCUT2D eigenvalue weighted by Gasteiger charge is -2.07. The van der Waals surface area contributed by atoms with Gasteiger partial charge in [0, 0.05) is 0 Å². The quantitative estimate of drug-likeness (QED) is 0.797. The van der Waals surface area contributed by atoms with Crippen LogP contribution in [0.5, 0.6) is 5.75 Å². The van der Waals surface area contributed by atoms with Crippen molar-refractivity contribution in [3.8, 4) is 5.75 Å². The molecule has 1 aromatic carbocycles. The summed E-state index contributed by atoms with van der Waals surface area (Å²) in [6.45, 7) is -0.779. The van der Waals surface area contributed by atoms with E-state index in [-0.39, 0.29) is 5.75 Å². The maximum atomic E-state index is 11.8. The maximum absolute atomic E-state index is 11.8. The monoisotopic (exact) mass is 250 g/mol. The average Bonchev–Trinajstić information content (AvgIpc) is 2.08. The van der Waals surface area contributed by atoms with Crippen molar-refractivity contribution in [2.75, 3.05) is 0 Å². The fourth-order valence-corrected chi connectivity index (χ4v) is 1.48. The summed E-state index contributed by atoms with van der Waals surface area (Å²) in [5.74, 6) is 0.173. The number of halogens is 3. The van der Waals surface area contributed by atoms with E-state index in [1.165, 1.54) is 6.07 Å². The van der Waals surface area contributed by atoms with E-state index >= 15 is 0 Å². The summed E-state index contributed by atoms with van der Waals surface area (Å²) < 4.78 is 28.5. The first-order valence-corrected chi connectivity index (χ1v) is 4.66. The highest BCUT2D eigenvalue weighted by Crippen LogP contribution is 2.27. The maximum Gasteiger partial charge on any atom is 0.387 e. The molecule has 0 N–H and O–H groups in total. The number of hydrogen-bond donors (Lipinski definition) is 0. The highest BCUT2D eigenvalue weighted by Gasteiger charge is 2.07. The molecule has 0 heterocycles. The number of aryl methyl sites for hydroxylation is 1. The van der Waals surface area contributed by atoms with Gasteiger partial charge in [-0.2, -0.15) is 8.78 Å². The van der Waals surface area contributed by atoms with Crippen LogP contribution in [0.2, 0.25) is 0 Å². The topological polar surface area (TPSA) is 9.23 Å². The number of hydrogen-bond acceptors (Lipinski definition) is 1. The largest absolute Gasteiger partial charge is 0.434 e. The molecule has 0 amide bonds. The zero-order chi connectivity index (χ0) is 9.84. The number of alkyl halides is 2. The molecule has 1 aromatic rings. The zero-order valence-corrected chi connectivity index (χ0v) is 8.64. The second-order valence-corrected chi connectivity index (χ2v) is 3.35. The molecule has 0 bridgehead atoms. The Morgan fingerprint density at radius 2 is 2.15 bits per heavy atom. The first kappa shape index (κ1) is 10.4. The number of benzene rings is 1. The van der Waals surface area contributed by atoms with E-state index < -0.39 is 6.61 Å². The third kappa shape index (κ3) is 2.95. The van der Waals surface area contributed by atoms with Crippen molar-refractivity contribution in [1.82, 2.24) is 0 Å². The Bertz CT molecular complexity index is 289. The van der Waals surface area contributed by atoms with Gasteiger partial charge in [-0.3, -0.25) is 0 Å². The minimum atomic E-state index is -2.77. The van der Waals surface area contributed by atoms with Gasteiger partial charge in [0.2, 0.25) is 0 Å². The van der Waals surface area contributed by atoms with Gasteiger partial charge in [-0.1, -0.05) is 13.0 Å². The molecule has 0 fully saturated rings. The van der Waals surface area contributed by atoms with Gasteiger partial charge < -0.3 is 4.74 Å². The molecule has 0 aliphatic carbocycles. The normalized spacial score (nSPS) is 10.5. The van der Waals surface area contributed by atoms with E-state index in [4.69, 9.17) is 0 Å². The lowest BCUT2D eigenvalue weighted by molar-refractivity contribution is -0.0503. The lowest BCUT2D eigenvalue weighted by Crippen LogP contribution is -2.02. The highest BCUT2D eigenvalue weighted by molar-refractivity contribution is 9.10. The summed E-state index contributed by atoms with van der Waals surface area (Å²) in [5.41, 5.74) is 1.08. The molecule has 13 heavy (non-hydrogen) atoms. The molecule has 0 aliphatic rings. The molecule has 0 spiro atoms. The summed E-state index contributed by atoms with van der Waals surface area (Å²) in [6.07, 6.45) is 0.869. The molecule has 0 saturated carbocycles. The van der Waals surface area contributed by atoms with Gasteiger partial charge in [0.15, 0.2) is 0 Å². The van der Waals surface area contributed by atoms with E-state index in [9.17, 15) is 8.78 Å². The van der Waals surface area contributed by atoms with Crippen LogP contribution in [0.3, 0.4) is 0 Å². The van der Waals surface area contributed by atoms with Gasteiger partial charge in [-0.25, -0.2) is 0 Å². The SMILES string of the molecule is CCc1ccc(OC(F)F)c(Br)c1. The first-order valence-electron chi connectivity index (χ1n) is 3.86. The number of rotatable bonds is 3. The predicted molar refractivity (Wildman–Crippen MR) is 50.2 cm³/mol. The smallest absolute Gasteiger partial charge is 0.387 e. The molecule has 0 unspecified atom stereocenters. The van der Waals surface area contributed by atoms with E-state index in [0.29, 0.717) is 4.47 Å². The van der Waals surface area contributed by atoms with Crippen LogP contribution in [0.4, 0.5) is 8.78 Å². The van der Waals surface area contributed by atoms with Crippen molar-refractivity contribution in [1.29, 1.82) is 0 Å². The third-order valence-corrected chi connectivity index (χ3v) is 2.24. The fourth-order valence-electron chi connectivity index (χ4n) is 0.956. The minimum Gasteiger partial charge on any atom is -0.434 e. The highest BCUT2D eigenvalue weighted by atomic mass is 79.9. The Morgan fingerprint density at radius 1 is 1.46 bits per heavy atom. The molecule has 0 aromatic heterocycles. The van der Waals surface area contributed by atoms with Crippen molar-refractivity contribution in [3.63, 3.8) is 0 Å². The summed E-state index contributed by atoms with van der Waals surface area (Å²) in [6, 6.07) is 5.08. The van der Waals surface area contributed by atoms with E-state index in [2.05, 4.69) is 20.7 Å². The summed E-state index contributed by atoms with van der Waals surface area (Å²) in [5, 5.41) is 0. The van der Waals surface area contributed by atoms with Crippen LogP contribution < -0.4 is 4.74 Å². The minimum absolute atomic E-state index is 0.173. The van der Waals surface area contributed by atoms with Gasteiger partial charge in [0.25, 0.3) is 0 Å². The Kier molecular flexibility index (Phi) is 3.66. The van der Waals surface area contributed by atoms with Gasteiger partial charge in [0.05, 0.1) is 4.47 Å². The second-order valence-electron chi connectivity index (χ2n) is 2.50. The fraction of sp³-hybridized carbons (Fsp3) is 0.333.